The van der Waals surface area contributed by atoms with Crippen LogP contribution in [0.4, 0.5) is 5.82 Å². The maximum absolute atomic E-state index is 11.9. The number of aromatic amines is 1. The minimum absolute atomic E-state index is 0.182. The van der Waals surface area contributed by atoms with Gasteiger partial charge in [0.25, 0.3) is 0 Å². The number of nitrogens with one attached hydrogen (secondary N) is 1. The molecule has 3 aromatic rings. The molecule has 1 aliphatic rings. The van der Waals surface area contributed by atoms with Crippen molar-refractivity contribution >= 4 is 21.4 Å². The average Bonchev–Trinajstić information content (AvgIpc) is 3.30. The van der Waals surface area contributed by atoms with Gasteiger partial charge in [-0.1, -0.05) is 12.1 Å². The molecule has 168 valence electrons. The molecule has 32 heavy (non-hydrogen) atoms. The van der Waals surface area contributed by atoms with E-state index >= 15 is 0 Å². The highest BCUT2D eigenvalue weighted by atomic mass is 32.2. The predicted octanol–water partition coefficient (Wildman–Crippen LogP) is 2.88. The van der Waals surface area contributed by atoms with Crippen LogP contribution in [0.5, 0.6) is 0 Å². The molecule has 1 N–H and O–H groups in total. The number of nitrogens with zero attached hydrogens (tertiary/aromatic N) is 4. The van der Waals surface area contributed by atoms with Crippen LogP contribution in [0.1, 0.15) is 23.9 Å². The fraction of sp³-hybridized carbons (Fsp3) is 0.348. The molecule has 1 aromatic carbocycles. The molecule has 1 unspecified atom stereocenters. The van der Waals surface area contributed by atoms with Gasteiger partial charge in [-0.3, -0.25) is 10.1 Å². The molecule has 0 radical (unpaired) electrons. The highest BCUT2D eigenvalue weighted by molar-refractivity contribution is 7.90. The molecule has 0 aliphatic carbocycles. The van der Waals surface area contributed by atoms with Crippen LogP contribution in [0.2, 0.25) is 0 Å². The fourth-order valence-corrected chi connectivity index (χ4v) is 4.59. The minimum atomic E-state index is -3.26. The fourth-order valence-electron chi connectivity index (χ4n) is 3.96. The summed E-state index contributed by atoms with van der Waals surface area (Å²) in [4.78, 5) is 12.1. The number of pyridine rings is 1. The molecule has 1 aliphatic heterocycles. The second-order valence-corrected chi connectivity index (χ2v) is 9.97. The first-order valence-corrected chi connectivity index (χ1v) is 12.3. The van der Waals surface area contributed by atoms with Crippen molar-refractivity contribution in [1.29, 1.82) is 0 Å². The minimum Gasteiger partial charge on any atom is -0.377 e. The number of hydrogen-bond donors (Lipinski definition) is 1. The van der Waals surface area contributed by atoms with Gasteiger partial charge in [0.1, 0.15) is 11.5 Å². The number of anilines is 1. The number of ether oxygens (including phenoxy) is 1. The van der Waals surface area contributed by atoms with E-state index in [1.807, 2.05) is 25.1 Å². The number of H-pyrrole nitrogens is 1. The molecular formula is C23H27N5O3S. The summed E-state index contributed by atoms with van der Waals surface area (Å²) in [6, 6.07) is 11.1. The molecule has 4 rings (SSSR count). The van der Waals surface area contributed by atoms with Crippen LogP contribution in [0.25, 0.3) is 11.1 Å². The zero-order chi connectivity index (χ0) is 22.9. The first-order valence-electron chi connectivity index (χ1n) is 10.4. The Morgan fingerprint density at radius 2 is 2.00 bits per heavy atom. The Balaban J connectivity index is 1.90. The summed E-state index contributed by atoms with van der Waals surface area (Å²) in [6.45, 7) is 6.15. The van der Waals surface area contributed by atoms with Crippen molar-refractivity contribution in [1.82, 2.24) is 15.2 Å². The van der Waals surface area contributed by atoms with E-state index in [9.17, 15) is 8.42 Å². The van der Waals surface area contributed by atoms with Crippen molar-refractivity contribution in [3.63, 3.8) is 0 Å². The van der Waals surface area contributed by atoms with Crippen molar-refractivity contribution in [2.75, 3.05) is 38.0 Å². The Hall–Kier alpha value is -3.04. The van der Waals surface area contributed by atoms with Crippen LogP contribution in [-0.2, 0) is 14.6 Å². The van der Waals surface area contributed by atoms with Crippen LogP contribution in [0.15, 0.2) is 52.5 Å². The van der Waals surface area contributed by atoms with Gasteiger partial charge in [0, 0.05) is 26.0 Å². The monoisotopic (exact) mass is 453 g/mol. The van der Waals surface area contributed by atoms with Crippen LogP contribution in [0.3, 0.4) is 0 Å². The van der Waals surface area contributed by atoms with E-state index in [0.717, 1.165) is 46.2 Å². The standard InChI is InChI=1S/C23H27N5O3S/c1-15-14-31-12-11-28(15)21-13-19(17-5-7-18(8-6-17)32(4,29)30)16(2)22(26-21)23(24-3)20-9-10-25-27-20/h5-10,13,15H,11-12,14H2,1-4H3,(H,25,27). The van der Waals surface area contributed by atoms with E-state index in [1.165, 1.54) is 6.26 Å². The van der Waals surface area contributed by atoms with E-state index < -0.39 is 9.84 Å². The van der Waals surface area contributed by atoms with Crippen LogP contribution < -0.4 is 4.90 Å². The van der Waals surface area contributed by atoms with Crippen molar-refractivity contribution in [3.8, 4) is 11.1 Å². The highest BCUT2D eigenvalue weighted by Crippen LogP contribution is 2.32. The van der Waals surface area contributed by atoms with Gasteiger partial charge in [-0.15, -0.1) is 0 Å². The summed E-state index contributed by atoms with van der Waals surface area (Å²) < 4.78 is 29.4. The van der Waals surface area contributed by atoms with Crippen LogP contribution >= 0.6 is 0 Å². The number of sulfone groups is 1. The summed E-state index contributed by atoms with van der Waals surface area (Å²) in [5, 5.41) is 7.05. The molecule has 2 aromatic heterocycles. The first kappa shape index (κ1) is 22.2. The highest BCUT2D eigenvalue weighted by Gasteiger charge is 2.24. The SMILES string of the molecule is CN=C(c1ccn[nH]1)c1nc(N2CCOCC2C)cc(-c2ccc(S(C)(=O)=O)cc2)c1C. The van der Waals surface area contributed by atoms with Gasteiger partial charge in [0.2, 0.25) is 0 Å². The number of aromatic nitrogens is 3. The van der Waals surface area contributed by atoms with Gasteiger partial charge >= 0.3 is 0 Å². The topological polar surface area (TPSA) is 101 Å². The van der Waals surface area contributed by atoms with Crippen LogP contribution in [-0.4, -0.2) is 68.4 Å². The maximum atomic E-state index is 11.9. The molecule has 0 amide bonds. The first-order chi connectivity index (χ1) is 15.3. The lowest BCUT2D eigenvalue weighted by molar-refractivity contribution is 0.0985. The van der Waals surface area contributed by atoms with Crippen molar-refractivity contribution in [2.24, 2.45) is 4.99 Å². The third-order valence-corrected chi connectivity index (χ3v) is 6.85. The molecule has 0 bridgehead atoms. The maximum Gasteiger partial charge on any atom is 0.175 e. The van der Waals surface area contributed by atoms with Gasteiger partial charge < -0.3 is 9.64 Å². The second-order valence-electron chi connectivity index (χ2n) is 7.96. The summed E-state index contributed by atoms with van der Waals surface area (Å²) in [5.74, 6) is 0.837. The van der Waals surface area contributed by atoms with Crippen LogP contribution in [0, 0.1) is 6.92 Å². The van der Waals surface area contributed by atoms with E-state index in [4.69, 9.17) is 9.72 Å². The molecule has 1 saturated heterocycles. The largest absolute Gasteiger partial charge is 0.377 e. The molecule has 8 nitrogen and oxygen atoms in total. The number of benzene rings is 1. The Morgan fingerprint density at radius 3 is 2.59 bits per heavy atom. The van der Waals surface area contributed by atoms with Gasteiger partial charge in [-0.2, -0.15) is 5.10 Å². The average molecular weight is 454 g/mol. The number of hydrogen-bond acceptors (Lipinski definition) is 7. The van der Waals surface area contributed by atoms with Gasteiger partial charge in [0.15, 0.2) is 9.84 Å². The molecule has 1 atom stereocenters. The number of rotatable bonds is 5. The molecule has 3 heterocycles. The second kappa shape index (κ2) is 8.84. The van der Waals surface area contributed by atoms with Crippen molar-refractivity contribution in [3.05, 3.63) is 59.5 Å². The van der Waals surface area contributed by atoms with Gasteiger partial charge in [0.05, 0.1) is 35.5 Å². The number of morpholine rings is 1. The lowest BCUT2D eigenvalue weighted by atomic mass is 9.97. The van der Waals surface area contributed by atoms with E-state index in [0.29, 0.717) is 18.1 Å². The third-order valence-electron chi connectivity index (χ3n) is 5.72. The van der Waals surface area contributed by atoms with Crippen molar-refractivity contribution < 1.29 is 13.2 Å². The summed E-state index contributed by atoms with van der Waals surface area (Å²) in [5.41, 5.74) is 5.11. The summed E-state index contributed by atoms with van der Waals surface area (Å²) in [6.07, 6.45) is 2.90. The smallest absolute Gasteiger partial charge is 0.175 e. The van der Waals surface area contributed by atoms with Gasteiger partial charge in [-0.05, 0) is 54.8 Å². The molecule has 1 fully saturated rings. The summed E-state index contributed by atoms with van der Waals surface area (Å²) in [7, 11) is -1.53. The Labute approximate surface area is 188 Å². The third kappa shape index (κ3) is 4.31. The molecule has 0 spiro atoms. The lowest BCUT2D eigenvalue weighted by Crippen LogP contribution is -2.44. The van der Waals surface area contributed by atoms with E-state index in [1.54, 1.807) is 25.4 Å². The quantitative estimate of drug-likeness (QED) is 0.596. The Bertz CT molecular complexity index is 1240. The Morgan fingerprint density at radius 1 is 1.25 bits per heavy atom. The predicted molar refractivity (Wildman–Crippen MR) is 125 cm³/mol. The molecule has 0 saturated carbocycles. The summed E-state index contributed by atoms with van der Waals surface area (Å²) >= 11 is 0. The van der Waals surface area contributed by atoms with E-state index in [-0.39, 0.29) is 6.04 Å². The lowest BCUT2D eigenvalue weighted by Gasteiger charge is -2.35. The molecular weight excluding hydrogens is 426 g/mol. The molecule has 9 heteroatoms. The normalized spacial score (nSPS) is 17.6. The zero-order valence-electron chi connectivity index (χ0n) is 18.7. The number of aliphatic imine (C=N–C) groups is 1. The Kier molecular flexibility index (Phi) is 6.12. The van der Waals surface area contributed by atoms with E-state index in [2.05, 4.69) is 33.1 Å². The van der Waals surface area contributed by atoms with Gasteiger partial charge in [-0.25, -0.2) is 13.4 Å². The van der Waals surface area contributed by atoms with Crippen molar-refractivity contribution in [2.45, 2.75) is 24.8 Å². The zero-order valence-corrected chi connectivity index (χ0v) is 19.5.